The van der Waals surface area contributed by atoms with Gasteiger partial charge in [0.05, 0.1) is 40.2 Å². The number of alkyl halides is 3. The first-order valence-corrected chi connectivity index (χ1v) is 20.6. The summed E-state index contributed by atoms with van der Waals surface area (Å²) in [7, 11) is 0. The number of nitrogens with zero attached hydrogens (tertiary/aromatic N) is 6. The molecule has 5 aliphatic rings. The van der Waals surface area contributed by atoms with Gasteiger partial charge in [-0.3, -0.25) is 34.2 Å². The van der Waals surface area contributed by atoms with Crippen molar-refractivity contribution in [2.75, 3.05) is 60.9 Å². The zero-order chi connectivity index (χ0) is 43.0. The fourth-order valence-electron chi connectivity index (χ4n) is 9.06. The molecule has 3 aromatic rings. The summed E-state index contributed by atoms with van der Waals surface area (Å²) in [4.78, 5) is 74.7. The Labute approximate surface area is 348 Å². The van der Waals surface area contributed by atoms with E-state index in [2.05, 4.69) is 20.5 Å². The predicted molar refractivity (Wildman–Crippen MR) is 212 cm³/mol. The van der Waals surface area contributed by atoms with Crippen molar-refractivity contribution < 1.29 is 46.3 Å². The number of amides is 5. The Morgan fingerprint density at radius 3 is 2.20 bits per heavy atom. The molecular weight excluding hydrogens is 801 g/mol. The third-order valence-electron chi connectivity index (χ3n) is 12.5. The Hall–Kier alpha value is -6.09. The summed E-state index contributed by atoms with van der Waals surface area (Å²) >= 11 is 0. The zero-order valence-electron chi connectivity index (χ0n) is 33.2. The van der Waals surface area contributed by atoms with Gasteiger partial charge in [-0.05, 0) is 93.3 Å². The molecule has 6 heterocycles. The van der Waals surface area contributed by atoms with Crippen LogP contribution < -0.4 is 25.2 Å². The van der Waals surface area contributed by atoms with Crippen molar-refractivity contribution in [1.29, 1.82) is 5.26 Å². The maximum atomic E-state index is 15.4. The van der Waals surface area contributed by atoms with Crippen LogP contribution in [0.3, 0.4) is 0 Å². The number of carbonyl (C=O) groups excluding carboxylic acids is 5. The number of halogens is 4. The summed E-state index contributed by atoms with van der Waals surface area (Å²) in [6.45, 7) is 4.53. The molecule has 61 heavy (non-hydrogen) atoms. The van der Waals surface area contributed by atoms with E-state index in [-0.39, 0.29) is 47.6 Å². The molecule has 14 nitrogen and oxygen atoms in total. The van der Waals surface area contributed by atoms with Crippen LogP contribution in [0.25, 0.3) is 0 Å². The van der Waals surface area contributed by atoms with E-state index in [1.165, 1.54) is 18.2 Å². The van der Waals surface area contributed by atoms with Gasteiger partial charge >= 0.3 is 6.18 Å². The molecule has 0 radical (unpaired) electrons. The number of nitriles is 1. The van der Waals surface area contributed by atoms with Crippen molar-refractivity contribution in [3.8, 4) is 11.8 Å². The molecule has 5 aliphatic heterocycles. The van der Waals surface area contributed by atoms with Crippen LogP contribution in [0.1, 0.15) is 83.2 Å². The van der Waals surface area contributed by atoms with Crippen molar-refractivity contribution in [3.05, 3.63) is 76.7 Å². The van der Waals surface area contributed by atoms with Crippen molar-refractivity contribution >= 4 is 46.7 Å². The third-order valence-corrected chi connectivity index (χ3v) is 12.5. The first-order chi connectivity index (χ1) is 29.2. The number of fused-ring (bicyclic) bond motifs is 1. The van der Waals surface area contributed by atoms with Gasteiger partial charge in [-0.2, -0.15) is 18.4 Å². The lowest BCUT2D eigenvalue weighted by Crippen LogP contribution is -2.54. The highest BCUT2D eigenvalue weighted by Crippen LogP contribution is 2.37. The van der Waals surface area contributed by atoms with E-state index < -0.39 is 52.8 Å². The average Bonchev–Trinajstić information content (AvgIpc) is 3.48. The van der Waals surface area contributed by atoms with Crippen LogP contribution in [0.5, 0.6) is 5.75 Å². The second-order valence-electron chi connectivity index (χ2n) is 16.3. The number of likely N-dealkylation sites (tertiary alicyclic amines) is 1. The number of hydrogen-bond donors (Lipinski definition) is 2. The number of piperidine rings is 4. The molecule has 1 unspecified atom stereocenters. The number of rotatable bonds is 9. The lowest BCUT2D eigenvalue weighted by atomic mass is 9.94. The molecule has 1 atom stereocenters. The predicted octanol–water partition coefficient (Wildman–Crippen LogP) is 5.13. The summed E-state index contributed by atoms with van der Waals surface area (Å²) in [5.41, 5.74) is -0.807. The molecule has 0 spiro atoms. The van der Waals surface area contributed by atoms with Gasteiger partial charge in [0.1, 0.15) is 29.5 Å². The second-order valence-corrected chi connectivity index (χ2v) is 16.3. The van der Waals surface area contributed by atoms with Crippen LogP contribution in [0.2, 0.25) is 0 Å². The highest BCUT2D eigenvalue weighted by atomic mass is 19.4. The lowest BCUT2D eigenvalue weighted by Gasteiger charge is -2.38. The lowest BCUT2D eigenvalue weighted by molar-refractivity contribution is -0.138. The topological polar surface area (TPSA) is 168 Å². The summed E-state index contributed by atoms with van der Waals surface area (Å²) in [5.74, 6) is -2.37. The van der Waals surface area contributed by atoms with Crippen molar-refractivity contribution in [3.63, 3.8) is 0 Å². The summed E-state index contributed by atoms with van der Waals surface area (Å²) in [6, 6.07) is 10.1. The minimum Gasteiger partial charge on any atom is -0.489 e. The Bertz CT molecular complexity index is 2260. The number of anilines is 3. The number of hydrogen-bond acceptors (Lipinski definition) is 11. The molecule has 2 N–H and O–H groups in total. The molecule has 0 bridgehead atoms. The van der Waals surface area contributed by atoms with Crippen LogP contribution >= 0.6 is 0 Å². The van der Waals surface area contributed by atoms with Gasteiger partial charge in [0.25, 0.3) is 11.8 Å². The van der Waals surface area contributed by atoms with Gasteiger partial charge < -0.3 is 24.8 Å². The first kappa shape index (κ1) is 41.6. The van der Waals surface area contributed by atoms with E-state index in [1.807, 2.05) is 4.90 Å². The van der Waals surface area contributed by atoms with E-state index in [4.69, 9.17) is 10.00 Å². The first-order valence-electron chi connectivity index (χ1n) is 20.6. The minimum atomic E-state index is -4.64. The molecule has 5 amide bonds. The summed E-state index contributed by atoms with van der Waals surface area (Å²) < 4.78 is 62.0. The average molecular weight is 845 g/mol. The number of pyridine rings is 1. The van der Waals surface area contributed by atoms with Crippen molar-refractivity contribution in [2.45, 2.75) is 69.7 Å². The van der Waals surface area contributed by atoms with Gasteiger partial charge in [-0.1, -0.05) is 0 Å². The van der Waals surface area contributed by atoms with Gasteiger partial charge in [0.2, 0.25) is 17.7 Å². The normalized spacial score (nSPS) is 21.0. The fraction of sp³-hybridized carbons (Fsp3) is 0.465. The highest BCUT2D eigenvalue weighted by Gasteiger charge is 2.45. The number of benzene rings is 2. The Kier molecular flexibility index (Phi) is 11.7. The number of nitrogens with one attached hydrogen (secondary N) is 2. The van der Waals surface area contributed by atoms with Crippen LogP contribution in [0.4, 0.5) is 34.8 Å². The summed E-state index contributed by atoms with van der Waals surface area (Å²) in [5, 5.41) is 14.1. The zero-order valence-corrected chi connectivity index (χ0v) is 33.2. The molecule has 2 aromatic carbocycles. The molecular formula is C43H44F4N8O6. The molecule has 8 rings (SSSR count). The largest absolute Gasteiger partial charge is 0.489 e. The SMILES string of the molecule is N#Cc1ccc(N2CCC(C(=O)Nc3ccc(OC4CCN(CC5CCN(c6cc7c(cc6F)C(=O)N(C6CCC(=O)NC6=O)C7=O)CC5)CC4)cn3)CC2)cc1C(F)(F)F. The van der Waals surface area contributed by atoms with Crippen LogP contribution in [0, 0.1) is 29.0 Å². The smallest absolute Gasteiger partial charge is 0.417 e. The quantitative estimate of drug-likeness (QED) is 0.217. The Morgan fingerprint density at radius 2 is 1.56 bits per heavy atom. The molecule has 320 valence electrons. The molecule has 0 aliphatic carbocycles. The standard InChI is InChI=1S/C43H44F4N8O6/c44-34-20-31-32(42(60)55(41(31)59)35-4-6-38(56)51-40(35)58)21-36(34)54-15-7-25(8-16-54)24-52-13-11-29(12-14-52)61-30-3-5-37(49-23-30)50-39(57)26-9-17-53(18-10-26)28-2-1-27(22-48)33(19-28)43(45,46)47/h1-3,5,19-21,23,25-26,29,35H,4,6-18,24H2,(H,49,50,57)(H,51,56,58). The number of imide groups is 2. The van der Waals surface area contributed by atoms with E-state index in [0.29, 0.717) is 62.2 Å². The highest BCUT2D eigenvalue weighted by molar-refractivity contribution is 6.23. The molecule has 18 heteroatoms. The number of ether oxygens (including phenoxy) is 1. The second kappa shape index (κ2) is 17.1. The van der Waals surface area contributed by atoms with Crippen LogP contribution in [0.15, 0.2) is 48.7 Å². The Morgan fingerprint density at radius 1 is 0.869 bits per heavy atom. The van der Waals surface area contributed by atoms with E-state index in [0.717, 1.165) is 62.4 Å². The molecule has 4 saturated heterocycles. The number of aromatic nitrogens is 1. The van der Waals surface area contributed by atoms with E-state index in [9.17, 15) is 37.1 Å². The van der Waals surface area contributed by atoms with E-state index >= 15 is 4.39 Å². The van der Waals surface area contributed by atoms with Crippen molar-refractivity contribution in [1.82, 2.24) is 20.1 Å². The van der Waals surface area contributed by atoms with Gasteiger partial charge in [0, 0.05) is 63.8 Å². The van der Waals surface area contributed by atoms with Gasteiger partial charge in [-0.25, -0.2) is 9.37 Å². The van der Waals surface area contributed by atoms with Crippen LogP contribution in [-0.4, -0.2) is 102 Å². The maximum absolute atomic E-state index is 15.4. The number of carbonyl (C=O) groups is 5. The van der Waals surface area contributed by atoms with Crippen molar-refractivity contribution in [2.24, 2.45) is 11.8 Å². The van der Waals surface area contributed by atoms with Gasteiger partial charge in [-0.15, -0.1) is 0 Å². The molecule has 4 fully saturated rings. The summed E-state index contributed by atoms with van der Waals surface area (Å²) in [6.07, 6.45) is 1.14. The molecule has 0 saturated carbocycles. The van der Waals surface area contributed by atoms with E-state index in [1.54, 1.807) is 29.3 Å². The van der Waals surface area contributed by atoms with Crippen LogP contribution in [-0.2, 0) is 20.6 Å². The Balaban J connectivity index is 0.754. The monoisotopic (exact) mass is 844 g/mol. The minimum absolute atomic E-state index is 0.00196. The molecule has 1 aromatic heterocycles. The third kappa shape index (κ3) is 8.88. The maximum Gasteiger partial charge on any atom is 0.417 e. The fourth-order valence-corrected chi connectivity index (χ4v) is 9.06. The van der Waals surface area contributed by atoms with Gasteiger partial charge in [0.15, 0.2) is 0 Å².